The highest BCUT2D eigenvalue weighted by Crippen LogP contribution is 2.31. The monoisotopic (exact) mass is 289 g/mol. The average Bonchev–Trinajstić information content (AvgIpc) is 3.05. The molecule has 5 nitrogen and oxygen atoms in total. The van der Waals surface area contributed by atoms with E-state index in [4.69, 9.17) is 5.73 Å². The van der Waals surface area contributed by atoms with E-state index in [1.54, 1.807) is 11.3 Å². The maximum Gasteiger partial charge on any atom is 0.203 e. The first-order valence-corrected chi connectivity index (χ1v) is 7.60. The molecule has 2 N–H and O–H groups in total. The number of fused-ring (bicyclic) bond motifs is 1. The summed E-state index contributed by atoms with van der Waals surface area (Å²) in [7, 11) is 1.95. The Labute approximate surface area is 122 Å². The summed E-state index contributed by atoms with van der Waals surface area (Å²) in [6.07, 6.45) is 0.861. The number of aromatic nitrogens is 4. The first kappa shape index (κ1) is 13.2. The number of thiophene rings is 1. The molecule has 1 atom stereocenters. The van der Waals surface area contributed by atoms with Gasteiger partial charge in [-0.15, -0.1) is 11.3 Å². The highest BCUT2D eigenvalue weighted by atomic mass is 32.1. The Hall–Kier alpha value is -1.82. The topological polar surface area (TPSA) is 61.7 Å². The van der Waals surface area contributed by atoms with Crippen molar-refractivity contribution < 1.29 is 0 Å². The number of hydrogen-bond donors (Lipinski definition) is 1. The van der Waals surface area contributed by atoms with Crippen molar-refractivity contribution in [3.05, 3.63) is 27.6 Å². The molecule has 0 radical (unpaired) electrons. The maximum absolute atomic E-state index is 6.15. The fourth-order valence-corrected chi connectivity index (χ4v) is 3.56. The van der Waals surface area contributed by atoms with Crippen LogP contribution in [0.1, 0.15) is 35.3 Å². The van der Waals surface area contributed by atoms with Gasteiger partial charge in [0.05, 0.1) is 11.7 Å². The molecule has 3 aromatic rings. The van der Waals surface area contributed by atoms with Crippen molar-refractivity contribution in [2.45, 2.75) is 33.2 Å². The summed E-state index contributed by atoms with van der Waals surface area (Å²) < 4.78 is 3.96. The molecular formula is C14H19N5S. The number of imidazole rings is 1. The third-order valence-electron chi connectivity index (χ3n) is 3.66. The second-order valence-electron chi connectivity index (χ2n) is 5.06. The Bertz CT molecular complexity index is 764. The third-order valence-corrected chi connectivity index (χ3v) is 4.83. The molecule has 0 fully saturated rings. The number of nitrogens with two attached hydrogens (primary N) is 1. The van der Waals surface area contributed by atoms with E-state index in [0.717, 1.165) is 23.3 Å². The van der Waals surface area contributed by atoms with E-state index >= 15 is 0 Å². The van der Waals surface area contributed by atoms with Crippen LogP contribution in [0, 0.1) is 6.92 Å². The molecule has 3 heterocycles. The Balaban J connectivity index is 2.20. The van der Waals surface area contributed by atoms with Gasteiger partial charge in [0.25, 0.3) is 0 Å². The lowest BCUT2D eigenvalue weighted by Crippen LogP contribution is -2.11. The lowest BCUT2D eigenvalue weighted by molar-refractivity contribution is 0.644. The summed E-state index contributed by atoms with van der Waals surface area (Å²) in [5, 5.41) is 4.53. The van der Waals surface area contributed by atoms with Gasteiger partial charge in [0.2, 0.25) is 5.95 Å². The molecule has 0 saturated carbocycles. The second kappa shape index (κ2) is 4.63. The van der Waals surface area contributed by atoms with Gasteiger partial charge in [-0.05, 0) is 32.4 Å². The summed E-state index contributed by atoms with van der Waals surface area (Å²) >= 11 is 1.80. The Morgan fingerprint density at radius 2 is 2.15 bits per heavy atom. The molecule has 0 aliphatic heterocycles. The smallest absolute Gasteiger partial charge is 0.203 e. The average molecular weight is 289 g/mol. The number of hydrogen-bond acceptors (Lipinski definition) is 4. The van der Waals surface area contributed by atoms with E-state index in [2.05, 4.69) is 47.6 Å². The molecular weight excluding hydrogens is 270 g/mol. The minimum atomic E-state index is 0.166. The fourth-order valence-electron chi connectivity index (χ4n) is 2.64. The minimum Gasteiger partial charge on any atom is -0.369 e. The van der Waals surface area contributed by atoms with E-state index in [1.165, 1.54) is 9.75 Å². The quantitative estimate of drug-likeness (QED) is 0.806. The summed E-state index contributed by atoms with van der Waals surface area (Å²) in [5.41, 5.74) is 9.07. The van der Waals surface area contributed by atoms with Crippen LogP contribution in [0.4, 0.5) is 5.95 Å². The van der Waals surface area contributed by atoms with E-state index in [-0.39, 0.29) is 6.04 Å². The van der Waals surface area contributed by atoms with Crippen LogP contribution in [0.25, 0.3) is 11.2 Å². The Morgan fingerprint density at radius 1 is 1.40 bits per heavy atom. The lowest BCUT2D eigenvalue weighted by atomic mass is 10.2. The molecule has 0 saturated heterocycles. The number of nitrogens with zero attached hydrogens (tertiary/aromatic N) is 4. The number of nitrogen functional groups attached to an aromatic ring is 1. The van der Waals surface area contributed by atoms with Crippen molar-refractivity contribution in [2.24, 2.45) is 7.05 Å². The zero-order valence-electron chi connectivity index (χ0n) is 12.2. The van der Waals surface area contributed by atoms with Crippen LogP contribution >= 0.6 is 11.3 Å². The van der Waals surface area contributed by atoms with E-state index in [0.29, 0.717) is 5.95 Å². The first-order valence-electron chi connectivity index (χ1n) is 6.78. The summed E-state index contributed by atoms with van der Waals surface area (Å²) in [5.74, 6) is 0.557. The zero-order chi connectivity index (χ0) is 14.4. The standard InChI is InChI=1S/C14H19N5S/c1-5-10-12-13(18(4)17-10)19(14(15)16-12)9(3)11-7-6-8(2)20-11/h6-7,9H,5H2,1-4H3,(H2,15,16). The minimum absolute atomic E-state index is 0.166. The van der Waals surface area contributed by atoms with Gasteiger partial charge in [-0.3, -0.25) is 9.25 Å². The zero-order valence-corrected chi connectivity index (χ0v) is 13.0. The SMILES string of the molecule is CCc1nn(C)c2c1nc(N)n2C(C)c1ccc(C)s1. The molecule has 3 aromatic heterocycles. The Morgan fingerprint density at radius 3 is 2.75 bits per heavy atom. The van der Waals surface area contributed by atoms with Crippen LogP contribution < -0.4 is 5.73 Å². The van der Waals surface area contributed by atoms with Gasteiger partial charge in [0.1, 0.15) is 5.52 Å². The van der Waals surface area contributed by atoms with Crippen molar-refractivity contribution in [2.75, 3.05) is 5.73 Å². The molecule has 20 heavy (non-hydrogen) atoms. The lowest BCUT2D eigenvalue weighted by Gasteiger charge is -2.14. The molecule has 0 aromatic carbocycles. The summed E-state index contributed by atoms with van der Waals surface area (Å²) in [6.45, 7) is 6.36. The molecule has 0 aliphatic rings. The molecule has 1 unspecified atom stereocenters. The molecule has 3 rings (SSSR count). The largest absolute Gasteiger partial charge is 0.369 e. The molecule has 0 amide bonds. The molecule has 6 heteroatoms. The van der Waals surface area contributed by atoms with Crippen molar-refractivity contribution in [1.29, 1.82) is 0 Å². The predicted molar refractivity (Wildman–Crippen MR) is 83.2 cm³/mol. The molecule has 0 aliphatic carbocycles. The van der Waals surface area contributed by atoms with E-state index in [9.17, 15) is 0 Å². The molecule has 106 valence electrons. The van der Waals surface area contributed by atoms with Gasteiger partial charge in [0, 0.05) is 16.8 Å². The second-order valence-corrected chi connectivity index (χ2v) is 6.38. The van der Waals surface area contributed by atoms with Crippen LogP contribution in [0.2, 0.25) is 0 Å². The van der Waals surface area contributed by atoms with Crippen LogP contribution in [0.15, 0.2) is 12.1 Å². The predicted octanol–water partition coefficient (Wildman–Crippen LogP) is 2.89. The fraction of sp³-hybridized carbons (Fsp3) is 0.429. The number of rotatable bonds is 3. The number of aryl methyl sites for hydroxylation is 3. The van der Waals surface area contributed by atoms with Crippen LogP contribution in [0.3, 0.4) is 0 Å². The highest BCUT2D eigenvalue weighted by Gasteiger charge is 2.22. The molecule has 0 spiro atoms. The van der Waals surface area contributed by atoms with Crippen LogP contribution in [-0.2, 0) is 13.5 Å². The Kier molecular flexibility index (Phi) is 3.05. The van der Waals surface area contributed by atoms with Gasteiger partial charge >= 0.3 is 0 Å². The summed E-state index contributed by atoms with van der Waals surface area (Å²) in [6, 6.07) is 4.47. The number of anilines is 1. The van der Waals surface area contributed by atoms with Gasteiger partial charge < -0.3 is 5.73 Å². The van der Waals surface area contributed by atoms with Gasteiger partial charge in [-0.2, -0.15) is 5.10 Å². The van der Waals surface area contributed by atoms with E-state index in [1.807, 2.05) is 11.7 Å². The van der Waals surface area contributed by atoms with Gasteiger partial charge in [-0.25, -0.2) is 4.98 Å². The van der Waals surface area contributed by atoms with Crippen molar-refractivity contribution in [3.63, 3.8) is 0 Å². The van der Waals surface area contributed by atoms with Gasteiger partial charge in [-0.1, -0.05) is 6.92 Å². The maximum atomic E-state index is 6.15. The van der Waals surface area contributed by atoms with Crippen molar-refractivity contribution in [1.82, 2.24) is 19.3 Å². The van der Waals surface area contributed by atoms with Crippen LogP contribution in [0.5, 0.6) is 0 Å². The summed E-state index contributed by atoms with van der Waals surface area (Å²) in [4.78, 5) is 7.11. The highest BCUT2D eigenvalue weighted by molar-refractivity contribution is 7.12. The van der Waals surface area contributed by atoms with E-state index < -0.39 is 0 Å². The normalized spacial score (nSPS) is 13.2. The first-order chi connectivity index (χ1) is 9.52. The van der Waals surface area contributed by atoms with Crippen LogP contribution in [-0.4, -0.2) is 19.3 Å². The molecule has 0 bridgehead atoms. The van der Waals surface area contributed by atoms with Crippen molar-refractivity contribution >= 4 is 28.4 Å². The third kappa shape index (κ3) is 1.83. The van der Waals surface area contributed by atoms with Crippen molar-refractivity contribution in [3.8, 4) is 0 Å². The van der Waals surface area contributed by atoms with Gasteiger partial charge in [0.15, 0.2) is 5.65 Å².